The highest BCUT2D eigenvalue weighted by atomic mass is 19.4. The highest BCUT2D eigenvalue weighted by Gasteiger charge is 2.31. The number of alkyl halides is 4. The van der Waals surface area contributed by atoms with Crippen molar-refractivity contribution in [2.24, 2.45) is 0 Å². The normalized spacial score (nSPS) is 16.6. The van der Waals surface area contributed by atoms with Crippen LogP contribution in [0.3, 0.4) is 0 Å². The Kier molecular flexibility index (Phi) is 14.2. The van der Waals surface area contributed by atoms with E-state index in [4.69, 9.17) is 18.9 Å². The van der Waals surface area contributed by atoms with Crippen molar-refractivity contribution in [2.45, 2.75) is 57.7 Å². The molecule has 1 saturated heterocycles. The summed E-state index contributed by atoms with van der Waals surface area (Å²) in [4.78, 5) is 26.2. The number of amides is 1. The van der Waals surface area contributed by atoms with Gasteiger partial charge < -0.3 is 44.4 Å². The molecule has 0 saturated carbocycles. The average Bonchev–Trinajstić information content (AvgIpc) is 3.40. The first-order valence-electron chi connectivity index (χ1n) is 17.0. The summed E-state index contributed by atoms with van der Waals surface area (Å²) in [6.45, 7) is 5.86. The molecular formula is C37H47F4N5O6. The molecule has 2 aromatic carbocycles. The third-order valence-electron chi connectivity index (χ3n) is 7.96. The monoisotopic (exact) mass is 733 g/mol. The van der Waals surface area contributed by atoms with Crippen molar-refractivity contribution >= 4 is 34.2 Å². The lowest BCUT2D eigenvalue weighted by molar-refractivity contribution is -0.160. The Morgan fingerprint density at radius 3 is 2.50 bits per heavy atom. The molecule has 3 aromatic rings. The number of likely N-dealkylation sites (tertiary alicyclic amines) is 1. The molecular weight excluding hydrogens is 686 g/mol. The first kappa shape index (κ1) is 40.3. The Morgan fingerprint density at radius 2 is 1.79 bits per heavy atom. The molecule has 1 aliphatic heterocycles. The molecule has 4 rings (SSSR count). The van der Waals surface area contributed by atoms with E-state index in [2.05, 4.69) is 27.8 Å². The summed E-state index contributed by atoms with van der Waals surface area (Å²) in [5.74, 6) is 5.31. The van der Waals surface area contributed by atoms with Crippen molar-refractivity contribution in [3.05, 3.63) is 53.7 Å². The highest BCUT2D eigenvalue weighted by Crippen LogP contribution is 2.32. The molecule has 2 atom stereocenters. The van der Waals surface area contributed by atoms with Crippen molar-refractivity contribution in [2.75, 3.05) is 77.4 Å². The smallest absolute Gasteiger partial charge is 0.406 e. The van der Waals surface area contributed by atoms with E-state index in [9.17, 15) is 27.2 Å². The lowest BCUT2D eigenvalue weighted by Crippen LogP contribution is -2.46. The average molecular weight is 734 g/mol. The number of aromatic nitrogens is 1. The molecule has 0 bridgehead atoms. The molecule has 3 N–H and O–H groups in total. The van der Waals surface area contributed by atoms with Gasteiger partial charge in [0.2, 0.25) is 0 Å². The van der Waals surface area contributed by atoms with Crippen LogP contribution >= 0.6 is 0 Å². The van der Waals surface area contributed by atoms with Crippen molar-refractivity contribution in [3.8, 4) is 17.6 Å². The number of anilines is 2. The van der Waals surface area contributed by atoms with Gasteiger partial charge in [-0.3, -0.25) is 4.79 Å². The van der Waals surface area contributed by atoms with Crippen LogP contribution in [-0.4, -0.2) is 112 Å². The summed E-state index contributed by atoms with van der Waals surface area (Å²) in [5.41, 5.74) is 1.36. The molecule has 52 heavy (non-hydrogen) atoms. The number of fused-ring (bicyclic) bond motifs is 1. The van der Waals surface area contributed by atoms with Gasteiger partial charge >= 0.3 is 12.1 Å². The summed E-state index contributed by atoms with van der Waals surface area (Å²) >= 11 is 0. The molecule has 1 aliphatic rings. The van der Waals surface area contributed by atoms with Crippen LogP contribution in [0.2, 0.25) is 0 Å². The van der Waals surface area contributed by atoms with Crippen molar-refractivity contribution in [1.82, 2.24) is 14.8 Å². The van der Waals surface area contributed by atoms with E-state index in [1.165, 1.54) is 7.11 Å². The number of hydrogen-bond acceptors (Lipinski definition) is 9. The van der Waals surface area contributed by atoms with Gasteiger partial charge in [-0.1, -0.05) is 12.0 Å². The Labute approximate surface area is 301 Å². The van der Waals surface area contributed by atoms with Gasteiger partial charge in [0.25, 0.3) is 5.91 Å². The summed E-state index contributed by atoms with van der Waals surface area (Å²) in [6, 6.07) is 10.9. The number of halogens is 4. The topological polar surface area (TPSA) is 115 Å². The molecule has 1 amide bonds. The standard InChI is InChI=1S/C37H47F4N5O6/c1-36(2,3)52-34(47)23-51-19-18-50-17-15-43-35(48)25-11-12-31(33(20-25)49-5)42-14-7-8-26-21-27-29(44-30-13-16-45(4)22-28(30)38)9-6-10-32(27)46(26)24-37(39,40)41/h6,9-12,20-21,28,30,42,44H,13-19,22-24H2,1-5H3,(H,43,48)/t28-,30+/m0/s1. The minimum absolute atomic E-state index is 0.0680. The van der Waals surface area contributed by atoms with E-state index in [0.717, 1.165) is 4.57 Å². The molecule has 0 aliphatic carbocycles. The van der Waals surface area contributed by atoms with Gasteiger partial charge in [-0.25, -0.2) is 9.18 Å². The summed E-state index contributed by atoms with van der Waals surface area (Å²) < 4.78 is 78.1. The number of rotatable bonds is 15. The number of piperidine rings is 1. The van der Waals surface area contributed by atoms with Crippen LogP contribution < -0.4 is 20.7 Å². The minimum Gasteiger partial charge on any atom is -0.495 e. The van der Waals surface area contributed by atoms with Gasteiger partial charge in [0, 0.05) is 36.3 Å². The third-order valence-corrected chi connectivity index (χ3v) is 7.96. The highest BCUT2D eigenvalue weighted by molar-refractivity contribution is 5.95. The maximum atomic E-state index is 14.8. The third kappa shape index (κ3) is 12.3. The van der Waals surface area contributed by atoms with E-state index >= 15 is 0 Å². The fourth-order valence-corrected chi connectivity index (χ4v) is 5.62. The summed E-state index contributed by atoms with van der Waals surface area (Å²) in [5, 5.41) is 9.59. The van der Waals surface area contributed by atoms with Crippen molar-refractivity contribution in [1.29, 1.82) is 0 Å². The second-order valence-electron chi connectivity index (χ2n) is 13.4. The zero-order valence-electron chi connectivity index (χ0n) is 30.1. The van der Waals surface area contributed by atoms with E-state index in [0.29, 0.717) is 46.6 Å². The van der Waals surface area contributed by atoms with Gasteiger partial charge in [-0.05, 0) is 76.6 Å². The summed E-state index contributed by atoms with van der Waals surface area (Å²) in [7, 11) is 3.30. The molecule has 1 fully saturated rings. The summed E-state index contributed by atoms with van der Waals surface area (Å²) in [6.07, 6.45) is -5.04. The van der Waals surface area contributed by atoms with Crippen LogP contribution in [0.5, 0.6) is 5.75 Å². The Morgan fingerprint density at radius 1 is 1.02 bits per heavy atom. The minimum atomic E-state index is -4.49. The number of esters is 1. The number of hydrogen-bond donors (Lipinski definition) is 3. The van der Waals surface area contributed by atoms with E-state index in [-0.39, 0.29) is 57.7 Å². The number of benzene rings is 2. The first-order valence-corrected chi connectivity index (χ1v) is 17.0. The van der Waals surface area contributed by atoms with Crippen LogP contribution in [0.1, 0.15) is 43.2 Å². The second-order valence-corrected chi connectivity index (χ2v) is 13.4. The van der Waals surface area contributed by atoms with Crippen LogP contribution in [-0.2, 0) is 25.5 Å². The van der Waals surface area contributed by atoms with Crippen LogP contribution in [0.4, 0.5) is 28.9 Å². The second kappa shape index (κ2) is 18.3. The van der Waals surface area contributed by atoms with Gasteiger partial charge in [-0.2, -0.15) is 13.2 Å². The molecule has 11 nitrogen and oxygen atoms in total. The fourth-order valence-electron chi connectivity index (χ4n) is 5.62. The fraction of sp³-hybridized carbons (Fsp3) is 0.514. The van der Waals surface area contributed by atoms with E-state index in [1.54, 1.807) is 63.2 Å². The SMILES string of the molecule is COc1cc(C(=O)NCCOCCOCC(=O)OC(C)(C)C)ccc1NCC#Cc1cc2c(N[C@@H]3CCN(C)C[C@@H]3F)cccc2n1CC(F)(F)F. The van der Waals surface area contributed by atoms with E-state index in [1.807, 2.05) is 11.9 Å². The van der Waals surface area contributed by atoms with Crippen molar-refractivity contribution in [3.63, 3.8) is 0 Å². The van der Waals surface area contributed by atoms with Crippen LogP contribution in [0.25, 0.3) is 10.9 Å². The predicted octanol–water partition coefficient (Wildman–Crippen LogP) is 5.23. The number of carbonyl (C=O) groups is 2. The number of ether oxygens (including phenoxy) is 4. The Bertz CT molecular complexity index is 1730. The van der Waals surface area contributed by atoms with Crippen molar-refractivity contribution < 1.29 is 46.1 Å². The lowest BCUT2D eigenvalue weighted by atomic mass is 10.0. The predicted molar refractivity (Wildman–Crippen MR) is 191 cm³/mol. The van der Waals surface area contributed by atoms with Gasteiger partial charge in [0.05, 0.1) is 56.4 Å². The molecule has 284 valence electrons. The Hall–Kier alpha value is -4.52. The Balaban J connectivity index is 1.32. The van der Waals surface area contributed by atoms with E-state index < -0.39 is 36.5 Å². The number of nitrogens with one attached hydrogen (secondary N) is 3. The van der Waals surface area contributed by atoms with Crippen LogP contribution in [0.15, 0.2) is 42.5 Å². The molecule has 0 radical (unpaired) electrons. The molecule has 15 heteroatoms. The zero-order chi connectivity index (χ0) is 37.9. The number of nitrogens with zero attached hydrogens (tertiary/aromatic N) is 2. The quantitative estimate of drug-likeness (QED) is 0.0836. The zero-order valence-corrected chi connectivity index (χ0v) is 30.1. The lowest BCUT2D eigenvalue weighted by Gasteiger charge is -2.33. The van der Waals surface area contributed by atoms with Gasteiger partial charge in [0.1, 0.15) is 30.7 Å². The number of carbonyl (C=O) groups excluding carboxylic acids is 2. The molecule has 1 aromatic heterocycles. The van der Waals surface area contributed by atoms with Gasteiger partial charge in [0.15, 0.2) is 0 Å². The maximum absolute atomic E-state index is 14.8. The number of methoxy groups -OCH3 is 1. The van der Waals surface area contributed by atoms with Gasteiger partial charge in [-0.15, -0.1) is 0 Å². The largest absolute Gasteiger partial charge is 0.495 e. The first-order chi connectivity index (χ1) is 24.6. The molecule has 2 heterocycles. The molecule has 0 spiro atoms. The maximum Gasteiger partial charge on any atom is 0.406 e. The van der Waals surface area contributed by atoms with Crippen LogP contribution in [0, 0.1) is 11.8 Å². The molecule has 0 unspecified atom stereocenters.